The van der Waals surface area contributed by atoms with Crippen LogP contribution in [0, 0.1) is 0 Å². The number of piperazine rings is 1. The molecule has 0 atom stereocenters. The Bertz CT molecular complexity index is 665. The minimum atomic E-state index is 0.203. The summed E-state index contributed by atoms with van der Waals surface area (Å²) >= 11 is 0. The predicted octanol–water partition coefficient (Wildman–Crippen LogP) is 2.09. The first kappa shape index (κ1) is 17.4. The Morgan fingerprint density at radius 1 is 1.20 bits per heavy atom. The van der Waals surface area contributed by atoms with Crippen LogP contribution in [0.2, 0.25) is 0 Å². The van der Waals surface area contributed by atoms with Crippen molar-refractivity contribution in [3.8, 4) is 0 Å². The molecule has 1 aliphatic rings. The molecule has 7 heteroatoms. The molecule has 0 aromatic carbocycles. The van der Waals surface area contributed by atoms with E-state index in [0.29, 0.717) is 18.7 Å². The van der Waals surface area contributed by atoms with E-state index >= 15 is 0 Å². The summed E-state index contributed by atoms with van der Waals surface area (Å²) in [7, 11) is 0. The van der Waals surface area contributed by atoms with E-state index < -0.39 is 0 Å². The molecule has 1 aliphatic heterocycles. The molecule has 1 saturated heterocycles. The summed E-state index contributed by atoms with van der Waals surface area (Å²) in [5.41, 5.74) is 0. The van der Waals surface area contributed by atoms with Crippen molar-refractivity contribution in [1.29, 1.82) is 0 Å². The van der Waals surface area contributed by atoms with Gasteiger partial charge in [0, 0.05) is 51.6 Å². The van der Waals surface area contributed by atoms with E-state index in [2.05, 4.69) is 26.9 Å². The zero-order valence-electron chi connectivity index (χ0n) is 14.7. The Morgan fingerprint density at radius 2 is 2.04 bits per heavy atom. The maximum atomic E-state index is 12.4. The molecule has 7 nitrogen and oxygen atoms in total. The van der Waals surface area contributed by atoms with E-state index in [4.69, 9.17) is 4.52 Å². The standard InChI is InChI=1S/C18H25N5O2/c1-2-6-15-20-17(25-21-15)8-5-9-18(24)23-13-11-22(12-14-23)16-7-3-4-10-19-16/h3-4,7,10H,2,5-6,8-9,11-14H2,1H3. The maximum Gasteiger partial charge on any atom is 0.226 e. The zero-order chi connectivity index (χ0) is 17.5. The molecule has 0 N–H and O–H groups in total. The monoisotopic (exact) mass is 343 g/mol. The Hall–Kier alpha value is -2.44. The van der Waals surface area contributed by atoms with Gasteiger partial charge in [-0.05, 0) is 25.0 Å². The maximum absolute atomic E-state index is 12.4. The Kier molecular flexibility index (Phi) is 5.98. The van der Waals surface area contributed by atoms with Crippen molar-refractivity contribution in [3.63, 3.8) is 0 Å². The number of carbonyl (C=O) groups is 1. The molecule has 0 unspecified atom stereocenters. The Morgan fingerprint density at radius 3 is 2.76 bits per heavy atom. The molecule has 0 saturated carbocycles. The Labute approximate surface area is 148 Å². The minimum Gasteiger partial charge on any atom is -0.353 e. The fourth-order valence-corrected chi connectivity index (χ4v) is 2.99. The van der Waals surface area contributed by atoms with E-state index in [1.165, 1.54) is 0 Å². The first-order chi connectivity index (χ1) is 12.3. The van der Waals surface area contributed by atoms with Crippen molar-refractivity contribution in [3.05, 3.63) is 36.1 Å². The molecule has 3 rings (SSSR count). The first-order valence-corrected chi connectivity index (χ1v) is 9.01. The quantitative estimate of drug-likeness (QED) is 0.766. The normalized spacial score (nSPS) is 14.8. The van der Waals surface area contributed by atoms with Crippen LogP contribution >= 0.6 is 0 Å². The molecule has 2 aromatic heterocycles. The molecule has 0 bridgehead atoms. The van der Waals surface area contributed by atoms with Gasteiger partial charge >= 0.3 is 0 Å². The van der Waals surface area contributed by atoms with E-state index in [9.17, 15) is 4.79 Å². The summed E-state index contributed by atoms with van der Waals surface area (Å²) in [6.45, 7) is 5.23. The van der Waals surface area contributed by atoms with Crippen LogP contribution in [-0.4, -0.2) is 52.1 Å². The molecule has 1 amide bonds. The van der Waals surface area contributed by atoms with Crippen molar-refractivity contribution in [2.75, 3.05) is 31.1 Å². The van der Waals surface area contributed by atoms with Crippen LogP contribution in [0.15, 0.2) is 28.9 Å². The molecule has 134 valence electrons. The second-order valence-electron chi connectivity index (χ2n) is 6.26. The molecule has 2 aromatic rings. The van der Waals surface area contributed by atoms with Gasteiger partial charge in [-0.2, -0.15) is 4.98 Å². The van der Waals surface area contributed by atoms with Crippen molar-refractivity contribution < 1.29 is 9.32 Å². The molecule has 3 heterocycles. The van der Waals surface area contributed by atoms with E-state index in [0.717, 1.165) is 57.1 Å². The van der Waals surface area contributed by atoms with Crippen LogP contribution in [0.5, 0.6) is 0 Å². The number of pyridine rings is 1. The van der Waals surface area contributed by atoms with Crippen LogP contribution < -0.4 is 4.90 Å². The number of hydrogen-bond acceptors (Lipinski definition) is 6. The van der Waals surface area contributed by atoms with Gasteiger partial charge < -0.3 is 14.3 Å². The number of hydrogen-bond donors (Lipinski definition) is 0. The van der Waals surface area contributed by atoms with Gasteiger partial charge in [-0.1, -0.05) is 18.1 Å². The summed E-state index contributed by atoms with van der Waals surface area (Å²) < 4.78 is 5.21. The van der Waals surface area contributed by atoms with Gasteiger partial charge in [0.05, 0.1) is 0 Å². The topological polar surface area (TPSA) is 75.4 Å². The highest BCUT2D eigenvalue weighted by Crippen LogP contribution is 2.14. The lowest BCUT2D eigenvalue weighted by molar-refractivity contribution is -0.131. The third kappa shape index (κ3) is 4.78. The molecule has 0 spiro atoms. The van der Waals surface area contributed by atoms with Gasteiger partial charge in [0.25, 0.3) is 0 Å². The van der Waals surface area contributed by atoms with Crippen molar-refractivity contribution in [2.24, 2.45) is 0 Å². The third-order valence-electron chi connectivity index (χ3n) is 4.37. The third-order valence-corrected chi connectivity index (χ3v) is 4.37. The highest BCUT2D eigenvalue weighted by atomic mass is 16.5. The van der Waals surface area contributed by atoms with Crippen molar-refractivity contribution in [1.82, 2.24) is 20.0 Å². The van der Waals surface area contributed by atoms with E-state index in [-0.39, 0.29) is 5.91 Å². The number of anilines is 1. The lowest BCUT2D eigenvalue weighted by atomic mass is 10.2. The number of amides is 1. The SMILES string of the molecule is CCCc1noc(CCCC(=O)N2CCN(c3ccccn3)CC2)n1. The van der Waals surface area contributed by atoms with Crippen LogP contribution in [0.25, 0.3) is 0 Å². The van der Waals surface area contributed by atoms with Crippen LogP contribution in [0.4, 0.5) is 5.82 Å². The minimum absolute atomic E-state index is 0.203. The molecule has 0 radical (unpaired) electrons. The fourth-order valence-electron chi connectivity index (χ4n) is 2.99. The van der Waals surface area contributed by atoms with E-state index in [1.54, 1.807) is 6.20 Å². The smallest absolute Gasteiger partial charge is 0.226 e. The second kappa shape index (κ2) is 8.60. The molecule has 0 aliphatic carbocycles. The summed E-state index contributed by atoms with van der Waals surface area (Å²) in [4.78, 5) is 25.2. The summed E-state index contributed by atoms with van der Waals surface area (Å²) in [6.07, 6.45) is 5.57. The largest absolute Gasteiger partial charge is 0.353 e. The second-order valence-corrected chi connectivity index (χ2v) is 6.26. The van der Waals surface area contributed by atoms with Gasteiger partial charge in [0.1, 0.15) is 5.82 Å². The number of aromatic nitrogens is 3. The summed E-state index contributed by atoms with van der Waals surface area (Å²) in [5.74, 6) is 2.58. The average Bonchev–Trinajstić information content (AvgIpc) is 3.10. The summed E-state index contributed by atoms with van der Waals surface area (Å²) in [5, 5.41) is 3.94. The zero-order valence-corrected chi connectivity index (χ0v) is 14.7. The van der Waals surface area contributed by atoms with Crippen molar-refractivity contribution >= 4 is 11.7 Å². The lowest BCUT2D eigenvalue weighted by Crippen LogP contribution is -2.49. The molecule has 25 heavy (non-hydrogen) atoms. The van der Waals surface area contributed by atoms with Gasteiger partial charge in [-0.15, -0.1) is 0 Å². The van der Waals surface area contributed by atoms with Gasteiger partial charge in [-0.25, -0.2) is 4.98 Å². The van der Waals surface area contributed by atoms with E-state index in [1.807, 2.05) is 23.1 Å². The number of rotatable bonds is 7. The van der Waals surface area contributed by atoms with Crippen LogP contribution in [0.1, 0.15) is 37.9 Å². The highest BCUT2D eigenvalue weighted by Gasteiger charge is 2.21. The van der Waals surface area contributed by atoms with Crippen molar-refractivity contribution in [2.45, 2.75) is 39.0 Å². The molecular weight excluding hydrogens is 318 g/mol. The molecule has 1 fully saturated rings. The Balaban J connectivity index is 1.39. The number of aryl methyl sites for hydroxylation is 2. The predicted molar refractivity (Wildman–Crippen MR) is 94.3 cm³/mol. The molecular formula is C18H25N5O2. The van der Waals surface area contributed by atoms with Crippen LogP contribution in [-0.2, 0) is 17.6 Å². The average molecular weight is 343 g/mol. The fraction of sp³-hybridized carbons (Fsp3) is 0.556. The first-order valence-electron chi connectivity index (χ1n) is 9.01. The van der Waals surface area contributed by atoms with Gasteiger partial charge in [0.15, 0.2) is 5.82 Å². The van der Waals surface area contributed by atoms with Gasteiger partial charge in [0.2, 0.25) is 11.8 Å². The summed E-state index contributed by atoms with van der Waals surface area (Å²) in [6, 6.07) is 5.91. The number of carbonyl (C=O) groups excluding carboxylic acids is 1. The highest BCUT2D eigenvalue weighted by molar-refractivity contribution is 5.76. The lowest BCUT2D eigenvalue weighted by Gasteiger charge is -2.35. The van der Waals surface area contributed by atoms with Crippen LogP contribution in [0.3, 0.4) is 0 Å². The number of nitrogens with zero attached hydrogens (tertiary/aromatic N) is 5. The van der Waals surface area contributed by atoms with Gasteiger partial charge in [-0.3, -0.25) is 4.79 Å².